The fourth-order valence-electron chi connectivity index (χ4n) is 0.938. The molecule has 0 fully saturated rings. The van der Waals surface area contributed by atoms with Crippen molar-refractivity contribution in [1.29, 1.82) is 0 Å². The van der Waals surface area contributed by atoms with Gasteiger partial charge in [-0.25, -0.2) is 4.79 Å². The van der Waals surface area contributed by atoms with Crippen LogP contribution in [0.4, 0.5) is 0 Å². The fourth-order valence-corrected chi connectivity index (χ4v) is 2.44. The maximum absolute atomic E-state index is 10.6. The Kier molecular flexibility index (Phi) is 5.04. The predicted octanol–water partition coefficient (Wildman–Crippen LogP) is 3.26. The summed E-state index contributed by atoms with van der Waals surface area (Å²) >= 11 is 5.11. The molecule has 1 N–H and O–H groups in total. The van der Waals surface area contributed by atoms with Gasteiger partial charge in [0.1, 0.15) is 0 Å². The van der Waals surface area contributed by atoms with Crippen LogP contribution >= 0.6 is 27.7 Å². The maximum Gasteiger partial charge on any atom is 0.335 e. The van der Waals surface area contributed by atoms with Crippen molar-refractivity contribution in [3.63, 3.8) is 0 Å². The van der Waals surface area contributed by atoms with Crippen molar-refractivity contribution in [2.45, 2.75) is 11.3 Å². The minimum atomic E-state index is -0.873. The smallest absolute Gasteiger partial charge is 0.335 e. The first kappa shape index (κ1) is 11.6. The molecule has 0 saturated carbocycles. The third-order valence-corrected chi connectivity index (χ3v) is 3.31. The summed E-state index contributed by atoms with van der Waals surface area (Å²) in [6, 6.07) is 6.97. The Labute approximate surface area is 95.8 Å². The molecule has 0 saturated heterocycles. The van der Waals surface area contributed by atoms with Crippen LogP contribution in [-0.2, 0) is 0 Å². The van der Waals surface area contributed by atoms with E-state index in [-0.39, 0.29) is 0 Å². The van der Waals surface area contributed by atoms with Crippen LogP contribution in [0.15, 0.2) is 29.2 Å². The Morgan fingerprint density at radius 3 is 2.50 bits per heavy atom. The molecule has 0 aliphatic rings. The van der Waals surface area contributed by atoms with Crippen LogP contribution in [0.25, 0.3) is 0 Å². The van der Waals surface area contributed by atoms with Gasteiger partial charge in [0.05, 0.1) is 5.56 Å². The highest BCUT2D eigenvalue weighted by Gasteiger charge is 2.01. The number of thioether (sulfide) groups is 1. The normalized spacial score (nSPS) is 10.1. The summed E-state index contributed by atoms with van der Waals surface area (Å²) in [5.74, 6) is 0.180. The predicted molar refractivity (Wildman–Crippen MR) is 62.5 cm³/mol. The van der Waals surface area contributed by atoms with Crippen molar-refractivity contribution < 1.29 is 9.90 Å². The minimum Gasteiger partial charge on any atom is -0.478 e. The Bertz CT molecular complexity index is 297. The van der Waals surface area contributed by atoms with Crippen molar-refractivity contribution in [3.8, 4) is 0 Å². The van der Waals surface area contributed by atoms with Gasteiger partial charge in [0.25, 0.3) is 0 Å². The van der Waals surface area contributed by atoms with Crippen LogP contribution < -0.4 is 0 Å². The van der Waals surface area contributed by atoms with Crippen LogP contribution in [0.5, 0.6) is 0 Å². The molecule has 4 heteroatoms. The summed E-state index contributed by atoms with van der Waals surface area (Å²) in [4.78, 5) is 11.7. The van der Waals surface area contributed by atoms with Gasteiger partial charge < -0.3 is 5.11 Å². The highest BCUT2D eigenvalue weighted by atomic mass is 79.9. The molecule has 0 unspecified atom stereocenters. The molecule has 1 aromatic rings. The average molecular weight is 275 g/mol. The first-order chi connectivity index (χ1) is 6.74. The zero-order valence-corrected chi connectivity index (χ0v) is 9.97. The van der Waals surface area contributed by atoms with Gasteiger partial charge in [-0.15, -0.1) is 11.8 Å². The second-order valence-electron chi connectivity index (χ2n) is 2.72. The zero-order chi connectivity index (χ0) is 10.4. The van der Waals surface area contributed by atoms with Crippen molar-refractivity contribution in [1.82, 2.24) is 0 Å². The summed E-state index contributed by atoms with van der Waals surface area (Å²) in [5.41, 5.74) is 0.342. The summed E-state index contributed by atoms with van der Waals surface area (Å²) < 4.78 is 0. The van der Waals surface area contributed by atoms with E-state index in [4.69, 9.17) is 5.11 Å². The van der Waals surface area contributed by atoms with Crippen LogP contribution in [0, 0.1) is 0 Å². The minimum absolute atomic E-state index is 0.342. The van der Waals surface area contributed by atoms with E-state index in [1.54, 1.807) is 23.9 Å². The van der Waals surface area contributed by atoms with E-state index in [2.05, 4.69) is 15.9 Å². The second-order valence-corrected chi connectivity index (χ2v) is 4.68. The first-order valence-electron chi connectivity index (χ1n) is 4.26. The van der Waals surface area contributed by atoms with Crippen molar-refractivity contribution in [2.75, 3.05) is 11.1 Å². The third kappa shape index (κ3) is 3.72. The maximum atomic E-state index is 10.6. The van der Waals surface area contributed by atoms with Crippen molar-refractivity contribution in [3.05, 3.63) is 29.8 Å². The number of carboxylic acids is 1. The molecule has 0 bridgehead atoms. The summed E-state index contributed by atoms with van der Waals surface area (Å²) in [6.07, 6.45) is 1.12. The van der Waals surface area contributed by atoms with E-state index >= 15 is 0 Å². The number of halogens is 1. The topological polar surface area (TPSA) is 37.3 Å². The lowest BCUT2D eigenvalue weighted by atomic mass is 10.2. The Morgan fingerprint density at radius 1 is 1.36 bits per heavy atom. The van der Waals surface area contributed by atoms with E-state index in [0.29, 0.717) is 5.56 Å². The molecule has 0 aliphatic carbocycles. The van der Waals surface area contributed by atoms with E-state index in [0.717, 1.165) is 22.4 Å². The third-order valence-electron chi connectivity index (χ3n) is 1.65. The Hall–Kier alpha value is -0.480. The molecule has 0 heterocycles. The van der Waals surface area contributed by atoms with E-state index in [1.807, 2.05) is 12.1 Å². The number of hydrogen-bond acceptors (Lipinski definition) is 2. The molecular formula is C10H11BrO2S. The van der Waals surface area contributed by atoms with Crippen LogP contribution in [0.2, 0.25) is 0 Å². The SMILES string of the molecule is O=C(O)c1ccc(SCCCBr)cc1. The van der Waals surface area contributed by atoms with Gasteiger partial charge in [0.15, 0.2) is 0 Å². The molecule has 2 nitrogen and oxygen atoms in total. The first-order valence-corrected chi connectivity index (χ1v) is 6.37. The van der Waals surface area contributed by atoms with E-state index in [9.17, 15) is 4.79 Å². The van der Waals surface area contributed by atoms with Gasteiger partial charge in [-0.05, 0) is 36.4 Å². The van der Waals surface area contributed by atoms with Crippen LogP contribution in [-0.4, -0.2) is 22.2 Å². The van der Waals surface area contributed by atoms with Gasteiger partial charge in [-0.1, -0.05) is 15.9 Å². The van der Waals surface area contributed by atoms with E-state index in [1.165, 1.54) is 0 Å². The standard InChI is InChI=1S/C10H11BrO2S/c11-6-1-7-14-9-4-2-8(3-5-9)10(12)13/h2-5H,1,6-7H2,(H,12,13). The second kappa shape index (κ2) is 6.09. The zero-order valence-electron chi connectivity index (χ0n) is 7.57. The Balaban J connectivity index is 2.51. The summed E-state index contributed by atoms with van der Waals surface area (Å²) in [7, 11) is 0. The molecule has 76 valence electrons. The molecule has 0 atom stereocenters. The number of aromatic carboxylic acids is 1. The van der Waals surface area contributed by atoms with Gasteiger partial charge in [-0.3, -0.25) is 0 Å². The van der Waals surface area contributed by atoms with Gasteiger partial charge in [0, 0.05) is 10.2 Å². The summed E-state index contributed by atoms with van der Waals surface area (Å²) in [5, 5.41) is 9.68. The monoisotopic (exact) mass is 274 g/mol. The quantitative estimate of drug-likeness (QED) is 0.509. The molecule has 0 radical (unpaired) electrons. The lowest BCUT2D eigenvalue weighted by molar-refractivity contribution is 0.0697. The number of rotatable bonds is 5. The number of benzene rings is 1. The van der Waals surface area contributed by atoms with Crippen molar-refractivity contribution >= 4 is 33.7 Å². The van der Waals surface area contributed by atoms with Gasteiger partial charge >= 0.3 is 5.97 Å². The number of hydrogen-bond donors (Lipinski definition) is 1. The van der Waals surface area contributed by atoms with Crippen LogP contribution in [0.3, 0.4) is 0 Å². The molecule has 0 aromatic heterocycles. The van der Waals surface area contributed by atoms with Crippen LogP contribution in [0.1, 0.15) is 16.8 Å². The molecule has 0 spiro atoms. The molecule has 14 heavy (non-hydrogen) atoms. The lowest BCUT2D eigenvalue weighted by Crippen LogP contribution is -1.94. The fraction of sp³-hybridized carbons (Fsp3) is 0.300. The number of carboxylic acid groups (broad SMARTS) is 1. The summed E-state index contributed by atoms with van der Waals surface area (Å²) in [6.45, 7) is 0. The highest BCUT2D eigenvalue weighted by molar-refractivity contribution is 9.09. The molecular weight excluding hydrogens is 264 g/mol. The van der Waals surface area contributed by atoms with Crippen molar-refractivity contribution in [2.24, 2.45) is 0 Å². The average Bonchev–Trinajstić information content (AvgIpc) is 2.19. The highest BCUT2D eigenvalue weighted by Crippen LogP contribution is 2.19. The number of carbonyl (C=O) groups is 1. The lowest BCUT2D eigenvalue weighted by Gasteiger charge is -2.00. The van der Waals surface area contributed by atoms with E-state index < -0.39 is 5.97 Å². The molecule has 0 amide bonds. The Morgan fingerprint density at radius 2 is 2.00 bits per heavy atom. The van der Waals surface area contributed by atoms with Gasteiger partial charge in [0.2, 0.25) is 0 Å². The van der Waals surface area contributed by atoms with Gasteiger partial charge in [-0.2, -0.15) is 0 Å². The molecule has 1 rings (SSSR count). The number of alkyl halides is 1. The largest absolute Gasteiger partial charge is 0.478 e. The molecule has 1 aromatic carbocycles. The molecule has 0 aliphatic heterocycles.